The van der Waals surface area contributed by atoms with Crippen molar-refractivity contribution in [2.24, 2.45) is 0 Å². The molecule has 0 unspecified atom stereocenters. The predicted octanol–water partition coefficient (Wildman–Crippen LogP) is 1.10. The lowest BCUT2D eigenvalue weighted by atomic mass is 10.6. The first-order valence-electron chi connectivity index (χ1n) is 2.79. The molecule has 0 aromatic carbocycles. The Morgan fingerprint density at radius 2 is 2.27 bits per heavy atom. The molecule has 0 fully saturated rings. The van der Waals surface area contributed by atoms with E-state index in [4.69, 9.17) is 0 Å². The summed E-state index contributed by atoms with van der Waals surface area (Å²) in [5.41, 5.74) is 1.04. The fourth-order valence-corrected chi connectivity index (χ4v) is 1.37. The van der Waals surface area contributed by atoms with Gasteiger partial charge in [-0.3, -0.25) is 0 Å². The normalized spacial score (nSPS) is 10.7. The van der Waals surface area contributed by atoms with Crippen molar-refractivity contribution in [3.05, 3.63) is 16.1 Å². The van der Waals surface area contributed by atoms with Gasteiger partial charge in [0.25, 0.3) is 0 Å². The molecule has 0 aliphatic carbocycles. The average molecular weight is 264 g/mol. The molecule has 6 heteroatoms. The van der Waals surface area contributed by atoms with Crippen LogP contribution in [0, 0.1) is 9.78 Å². The minimum atomic E-state index is -0.730. The Hall–Kier alpha value is -0.790. The van der Waals surface area contributed by atoms with E-state index in [0.29, 0.717) is 14.9 Å². The van der Waals surface area contributed by atoms with E-state index in [1.807, 2.05) is 22.6 Å². The van der Waals surface area contributed by atoms with Crippen LogP contribution in [0.1, 0.15) is 0 Å². The van der Waals surface area contributed by atoms with Gasteiger partial charge < -0.3 is 4.98 Å². The van der Waals surface area contributed by atoms with Gasteiger partial charge in [-0.15, -0.1) is 0 Å². The zero-order valence-corrected chi connectivity index (χ0v) is 7.33. The summed E-state index contributed by atoms with van der Waals surface area (Å²) in [5.74, 6) is 0. The van der Waals surface area contributed by atoms with Crippen LogP contribution in [0.4, 0.5) is 4.39 Å². The Labute approximate surface area is 74.4 Å². The van der Waals surface area contributed by atoms with Crippen LogP contribution in [-0.4, -0.2) is 19.9 Å². The van der Waals surface area contributed by atoms with Gasteiger partial charge in [0, 0.05) is 0 Å². The summed E-state index contributed by atoms with van der Waals surface area (Å²) in [7, 11) is 0. The van der Waals surface area contributed by atoms with Crippen molar-refractivity contribution in [1.29, 1.82) is 0 Å². The standard InChI is InChI=1S/C5H2FIN4/c6-5-10-3(7)2-4(11-5)9-1-8-2/h1H,(H,8,9,10,11). The van der Waals surface area contributed by atoms with E-state index in [9.17, 15) is 4.39 Å². The zero-order valence-electron chi connectivity index (χ0n) is 5.17. The Balaban J connectivity index is 2.91. The summed E-state index contributed by atoms with van der Waals surface area (Å²) in [6.45, 7) is 0. The number of aromatic amines is 1. The molecule has 0 radical (unpaired) electrons. The van der Waals surface area contributed by atoms with Crippen LogP contribution < -0.4 is 0 Å². The van der Waals surface area contributed by atoms with Crippen molar-refractivity contribution < 1.29 is 4.39 Å². The number of aromatic nitrogens is 4. The van der Waals surface area contributed by atoms with Gasteiger partial charge in [-0.25, -0.2) is 4.98 Å². The average Bonchev–Trinajstić information content (AvgIpc) is 2.34. The number of rotatable bonds is 0. The molecule has 2 heterocycles. The van der Waals surface area contributed by atoms with Crippen LogP contribution >= 0.6 is 22.6 Å². The number of hydrogen-bond donors (Lipinski definition) is 1. The quantitative estimate of drug-likeness (QED) is 0.440. The van der Waals surface area contributed by atoms with Gasteiger partial charge in [0.15, 0.2) is 5.65 Å². The summed E-state index contributed by atoms with van der Waals surface area (Å²) in [6.07, 6.45) is 0.729. The Bertz CT molecular complexity index is 398. The lowest BCUT2D eigenvalue weighted by Crippen LogP contribution is -1.92. The van der Waals surface area contributed by atoms with Crippen molar-refractivity contribution in [2.45, 2.75) is 0 Å². The largest absolute Gasteiger partial charge is 0.329 e. The second-order valence-electron chi connectivity index (χ2n) is 1.88. The molecule has 0 saturated carbocycles. The van der Waals surface area contributed by atoms with Gasteiger partial charge in [-0.05, 0) is 22.6 Å². The minimum absolute atomic E-state index is 0.432. The van der Waals surface area contributed by atoms with Gasteiger partial charge in [0.2, 0.25) is 0 Å². The highest BCUT2D eigenvalue weighted by Crippen LogP contribution is 2.12. The Morgan fingerprint density at radius 1 is 1.45 bits per heavy atom. The van der Waals surface area contributed by atoms with Gasteiger partial charge in [-0.2, -0.15) is 14.4 Å². The minimum Gasteiger partial charge on any atom is -0.329 e. The lowest BCUT2D eigenvalue weighted by Gasteiger charge is -1.90. The van der Waals surface area contributed by atoms with E-state index in [2.05, 4.69) is 19.9 Å². The molecule has 0 bridgehead atoms. The molecule has 0 aliphatic heterocycles. The Kier molecular flexibility index (Phi) is 1.48. The molecular formula is C5H2FIN4. The van der Waals surface area contributed by atoms with E-state index < -0.39 is 6.08 Å². The third kappa shape index (κ3) is 1.06. The number of nitrogens with zero attached hydrogens (tertiary/aromatic N) is 3. The molecule has 56 valence electrons. The van der Waals surface area contributed by atoms with Crippen molar-refractivity contribution in [1.82, 2.24) is 19.9 Å². The summed E-state index contributed by atoms with van der Waals surface area (Å²) >= 11 is 1.91. The fourth-order valence-electron chi connectivity index (χ4n) is 0.775. The van der Waals surface area contributed by atoms with Crippen LogP contribution in [0.3, 0.4) is 0 Å². The highest BCUT2D eigenvalue weighted by molar-refractivity contribution is 14.1. The van der Waals surface area contributed by atoms with Crippen molar-refractivity contribution >= 4 is 33.8 Å². The molecule has 0 saturated heterocycles. The molecule has 11 heavy (non-hydrogen) atoms. The molecule has 2 aromatic rings. The zero-order chi connectivity index (χ0) is 7.84. The molecule has 0 atom stereocenters. The summed E-state index contributed by atoms with van der Waals surface area (Å²) in [5, 5.41) is 0. The number of H-pyrrole nitrogens is 1. The highest BCUT2D eigenvalue weighted by atomic mass is 127. The van der Waals surface area contributed by atoms with Crippen LogP contribution in [0.25, 0.3) is 11.2 Å². The number of halogens is 2. The summed E-state index contributed by atoms with van der Waals surface area (Å²) < 4.78 is 13.0. The van der Waals surface area contributed by atoms with E-state index in [0.717, 1.165) is 0 Å². The Morgan fingerprint density at radius 3 is 3.09 bits per heavy atom. The number of imidazole rings is 1. The van der Waals surface area contributed by atoms with E-state index in [1.165, 1.54) is 6.33 Å². The molecule has 1 N–H and O–H groups in total. The second kappa shape index (κ2) is 2.36. The molecule has 2 rings (SSSR count). The highest BCUT2D eigenvalue weighted by Gasteiger charge is 2.05. The van der Waals surface area contributed by atoms with Gasteiger partial charge in [0.05, 0.1) is 6.33 Å². The van der Waals surface area contributed by atoms with Crippen molar-refractivity contribution in [3.8, 4) is 0 Å². The maximum absolute atomic E-state index is 12.5. The van der Waals surface area contributed by atoms with Crippen LogP contribution in [0.15, 0.2) is 6.33 Å². The first-order valence-corrected chi connectivity index (χ1v) is 3.87. The van der Waals surface area contributed by atoms with Gasteiger partial charge in [-0.1, -0.05) is 0 Å². The van der Waals surface area contributed by atoms with Gasteiger partial charge in [0.1, 0.15) is 9.22 Å². The molecule has 0 amide bonds. The molecule has 2 aromatic heterocycles. The van der Waals surface area contributed by atoms with Crippen LogP contribution in [0.2, 0.25) is 0 Å². The smallest absolute Gasteiger partial charge is 0.311 e. The summed E-state index contributed by atoms with van der Waals surface area (Å²) in [4.78, 5) is 13.6. The SMILES string of the molecule is Fc1nc(I)c2nc[nH]c2n1. The topological polar surface area (TPSA) is 54.5 Å². The number of fused-ring (bicyclic) bond motifs is 1. The maximum atomic E-state index is 12.5. The fraction of sp³-hybridized carbons (Fsp3) is 0. The van der Waals surface area contributed by atoms with Crippen LogP contribution in [0.5, 0.6) is 0 Å². The maximum Gasteiger partial charge on any atom is 0.311 e. The second-order valence-corrected chi connectivity index (χ2v) is 2.91. The van der Waals surface area contributed by atoms with Crippen molar-refractivity contribution in [3.63, 3.8) is 0 Å². The molecule has 0 spiro atoms. The lowest BCUT2D eigenvalue weighted by molar-refractivity contribution is 0.541. The van der Waals surface area contributed by atoms with E-state index in [1.54, 1.807) is 0 Å². The van der Waals surface area contributed by atoms with Crippen molar-refractivity contribution in [2.75, 3.05) is 0 Å². The monoisotopic (exact) mass is 264 g/mol. The van der Waals surface area contributed by atoms with Gasteiger partial charge >= 0.3 is 6.08 Å². The van der Waals surface area contributed by atoms with E-state index in [-0.39, 0.29) is 0 Å². The number of nitrogens with one attached hydrogen (secondary N) is 1. The third-order valence-electron chi connectivity index (χ3n) is 1.21. The first kappa shape index (κ1) is 6.89. The molecule has 0 aliphatic rings. The predicted molar refractivity (Wildman–Crippen MR) is 44.4 cm³/mol. The summed E-state index contributed by atoms with van der Waals surface area (Å²) in [6, 6.07) is 0. The third-order valence-corrected chi connectivity index (χ3v) is 1.96. The first-order chi connectivity index (χ1) is 5.27. The molecular weight excluding hydrogens is 262 g/mol. The van der Waals surface area contributed by atoms with Crippen LogP contribution in [-0.2, 0) is 0 Å². The molecule has 4 nitrogen and oxygen atoms in total. The van der Waals surface area contributed by atoms with E-state index >= 15 is 0 Å². The number of hydrogen-bond acceptors (Lipinski definition) is 3.